The van der Waals surface area contributed by atoms with Crippen LogP contribution in [0.25, 0.3) is 11.3 Å². The summed E-state index contributed by atoms with van der Waals surface area (Å²) >= 11 is 0. The second kappa shape index (κ2) is 14.9. The van der Waals surface area contributed by atoms with Crippen LogP contribution in [-0.4, -0.2) is 114 Å². The van der Waals surface area contributed by atoms with E-state index in [2.05, 4.69) is 60.6 Å². The Bertz CT molecular complexity index is 2530. The van der Waals surface area contributed by atoms with Gasteiger partial charge in [-0.2, -0.15) is 0 Å². The topological polar surface area (TPSA) is 166 Å². The van der Waals surface area contributed by atoms with E-state index in [0.717, 1.165) is 56.9 Å². The summed E-state index contributed by atoms with van der Waals surface area (Å²) in [6.07, 6.45) is 15.6. The molecule has 10 heterocycles. The zero-order valence-electron chi connectivity index (χ0n) is 32.7. The van der Waals surface area contributed by atoms with E-state index in [0.29, 0.717) is 46.4 Å². The number of aryl methyl sites for hydroxylation is 2. The second-order valence-corrected chi connectivity index (χ2v) is 16.5. The van der Waals surface area contributed by atoms with E-state index in [1.54, 1.807) is 59.8 Å². The second-order valence-electron chi connectivity index (χ2n) is 16.5. The van der Waals surface area contributed by atoms with Gasteiger partial charge in [0.25, 0.3) is 11.8 Å². The molecule has 16 nitrogen and oxygen atoms in total. The molecule has 0 bridgehead atoms. The van der Waals surface area contributed by atoms with Gasteiger partial charge in [-0.15, -0.1) is 0 Å². The van der Waals surface area contributed by atoms with Crippen molar-refractivity contribution in [3.05, 3.63) is 96.1 Å². The first kappa shape index (κ1) is 37.2. The van der Waals surface area contributed by atoms with Crippen molar-refractivity contribution in [1.29, 1.82) is 0 Å². The zero-order valence-corrected chi connectivity index (χ0v) is 32.7. The van der Waals surface area contributed by atoms with E-state index in [-0.39, 0.29) is 22.7 Å². The maximum Gasteiger partial charge on any atom is 0.275 e. The molecule has 0 radical (unpaired) electrons. The molecule has 4 aliphatic heterocycles. The summed E-state index contributed by atoms with van der Waals surface area (Å²) in [5, 5.41) is 8.78. The van der Waals surface area contributed by atoms with Crippen LogP contribution in [0.5, 0.6) is 0 Å². The fraction of sp³-hybridized carbons (Fsp3) is 0.415. The Morgan fingerprint density at radius 3 is 1.51 bits per heavy atom. The first-order valence-corrected chi connectivity index (χ1v) is 20.1. The molecule has 59 heavy (non-hydrogen) atoms. The standard InChI is InChI=1S/C22H24FN7O.C19H20FN7O/c1-13-7-30-12-16(4-18(23)21(30)26-13)27-22(31)19-5-25-20(6-24-19)29-10-14-8-28(17-2-3-17)9-15(14)11-29;1-11-7-27-10-14(2-15(20)18(27)24-11)25-19(28)16-5-23-17(6-22-16)26-8-12-3-21-4-13(12)9-26/h4-7,12,14-15,17H,2-3,8-11H2,1H3,(H,27,31);2,5-7,10,12-13,21H,3-4,8-9H2,1H3,(H,25,28). The minimum absolute atomic E-state index is 0.187. The number of pyridine rings is 2. The van der Waals surface area contributed by atoms with Gasteiger partial charge in [0.1, 0.15) is 23.0 Å². The van der Waals surface area contributed by atoms with E-state index in [1.807, 2.05) is 0 Å². The zero-order chi connectivity index (χ0) is 40.4. The van der Waals surface area contributed by atoms with Crippen molar-refractivity contribution in [2.45, 2.75) is 32.7 Å². The lowest BCUT2D eigenvalue weighted by Gasteiger charge is -2.21. The maximum absolute atomic E-state index is 14.2. The monoisotopic (exact) mass is 802 g/mol. The molecule has 2 amide bonds. The lowest BCUT2D eigenvalue weighted by molar-refractivity contribution is 0.101. The van der Waals surface area contributed by atoms with E-state index in [1.165, 1.54) is 50.5 Å². The minimum atomic E-state index is -0.499. The van der Waals surface area contributed by atoms with E-state index in [4.69, 9.17) is 0 Å². The number of hydrogen-bond donors (Lipinski definition) is 3. The number of halogens is 2. The van der Waals surface area contributed by atoms with Crippen molar-refractivity contribution in [3.8, 4) is 0 Å². The predicted octanol–water partition coefficient (Wildman–Crippen LogP) is 3.83. The largest absolute Gasteiger partial charge is 0.355 e. The molecule has 6 aromatic rings. The molecule has 5 aliphatic rings. The van der Waals surface area contributed by atoms with Crippen LogP contribution in [0.4, 0.5) is 31.8 Å². The Kier molecular flexibility index (Phi) is 9.39. The molecule has 11 rings (SSSR count). The number of rotatable bonds is 7. The number of hydrogen-bond acceptors (Lipinski definition) is 12. The van der Waals surface area contributed by atoms with E-state index in [9.17, 15) is 18.4 Å². The van der Waals surface area contributed by atoms with Gasteiger partial charge in [0.05, 0.1) is 47.6 Å². The van der Waals surface area contributed by atoms with Crippen LogP contribution in [0.2, 0.25) is 0 Å². The van der Waals surface area contributed by atoms with Gasteiger partial charge in [-0.25, -0.2) is 38.7 Å². The van der Waals surface area contributed by atoms with Crippen molar-refractivity contribution in [3.63, 3.8) is 0 Å². The number of fused-ring (bicyclic) bond motifs is 4. The van der Waals surface area contributed by atoms with Crippen LogP contribution < -0.4 is 25.8 Å². The number of carbonyl (C=O) groups is 2. The molecular formula is C41H44F2N14O2. The molecular weight excluding hydrogens is 759 g/mol. The molecule has 0 aromatic carbocycles. The highest BCUT2D eigenvalue weighted by atomic mass is 19.1. The van der Waals surface area contributed by atoms with Gasteiger partial charge in [-0.05, 0) is 50.4 Å². The normalized spacial score (nSPS) is 22.4. The average molecular weight is 803 g/mol. The van der Waals surface area contributed by atoms with Gasteiger partial charge in [-0.3, -0.25) is 14.5 Å². The summed E-state index contributed by atoms with van der Waals surface area (Å²) in [6, 6.07) is 3.34. The third kappa shape index (κ3) is 7.53. The van der Waals surface area contributed by atoms with Gasteiger partial charge in [0, 0.05) is 95.3 Å². The van der Waals surface area contributed by atoms with Crippen molar-refractivity contribution >= 4 is 46.1 Å². The Morgan fingerprint density at radius 1 is 0.627 bits per heavy atom. The van der Waals surface area contributed by atoms with E-state index >= 15 is 0 Å². The molecule has 3 N–H and O–H groups in total. The number of imidazole rings is 2. The van der Waals surface area contributed by atoms with Crippen molar-refractivity contribution in [2.24, 2.45) is 23.7 Å². The average Bonchev–Trinajstić information content (AvgIpc) is 3.74. The molecule has 1 aliphatic carbocycles. The summed E-state index contributed by atoms with van der Waals surface area (Å²) in [5.74, 6) is 2.45. The number of nitrogens with one attached hydrogen (secondary N) is 3. The third-order valence-corrected chi connectivity index (χ3v) is 12.1. The predicted molar refractivity (Wildman–Crippen MR) is 216 cm³/mol. The van der Waals surface area contributed by atoms with Crippen LogP contribution in [0.1, 0.15) is 45.2 Å². The fourth-order valence-electron chi connectivity index (χ4n) is 9.09. The summed E-state index contributed by atoms with van der Waals surface area (Å²) in [7, 11) is 0. The Labute approximate surface area is 338 Å². The lowest BCUT2D eigenvalue weighted by atomic mass is 10.0. The van der Waals surface area contributed by atoms with Crippen molar-refractivity contribution in [1.82, 2.24) is 48.9 Å². The third-order valence-electron chi connectivity index (χ3n) is 12.1. The molecule has 1 saturated carbocycles. The highest BCUT2D eigenvalue weighted by molar-refractivity contribution is 6.03. The number of nitrogens with zero attached hydrogens (tertiary/aromatic N) is 11. The highest BCUT2D eigenvalue weighted by Crippen LogP contribution is 2.39. The van der Waals surface area contributed by atoms with Crippen molar-refractivity contribution < 1.29 is 18.4 Å². The molecule has 4 atom stereocenters. The quantitative estimate of drug-likeness (QED) is 0.214. The fourth-order valence-corrected chi connectivity index (χ4v) is 9.09. The SMILES string of the molecule is Cc1cn2cc(NC(=O)c3cnc(N4CC5CN(C6CC6)CC5C4)cn3)cc(F)c2n1.Cc1cn2cc(NC(=O)c3cnc(N4CC5CNCC5C4)cn3)cc(F)c2n1. The number of anilines is 4. The highest BCUT2D eigenvalue weighted by Gasteiger charge is 2.44. The molecule has 5 fully saturated rings. The molecule has 6 aromatic heterocycles. The van der Waals surface area contributed by atoms with Crippen LogP contribution in [0.3, 0.4) is 0 Å². The first-order valence-electron chi connectivity index (χ1n) is 20.1. The van der Waals surface area contributed by atoms with Gasteiger partial charge in [-0.1, -0.05) is 0 Å². The van der Waals surface area contributed by atoms with Gasteiger partial charge in [0.15, 0.2) is 22.9 Å². The number of amides is 2. The van der Waals surface area contributed by atoms with Gasteiger partial charge in [0.2, 0.25) is 0 Å². The van der Waals surface area contributed by atoms with Gasteiger partial charge >= 0.3 is 0 Å². The summed E-state index contributed by atoms with van der Waals surface area (Å²) in [5.41, 5.74) is 2.92. The Morgan fingerprint density at radius 2 is 1.08 bits per heavy atom. The van der Waals surface area contributed by atoms with Crippen LogP contribution in [0, 0.1) is 49.2 Å². The van der Waals surface area contributed by atoms with Crippen LogP contribution >= 0.6 is 0 Å². The lowest BCUT2D eigenvalue weighted by Crippen LogP contribution is -2.30. The molecule has 0 spiro atoms. The molecule has 4 unspecified atom stereocenters. The Hall–Kier alpha value is -6.14. The smallest absolute Gasteiger partial charge is 0.275 e. The number of carbonyl (C=O) groups excluding carboxylic acids is 2. The molecule has 304 valence electrons. The Balaban J connectivity index is 0.000000143. The summed E-state index contributed by atoms with van der Waals surface area (Å²) < 4.78 is 31.5. The van der Waals surface area contributed by atoms with Gasteiger partial charge < -0.3 is 34.6 Å². The first-order chi connectivity index (χ1) is 28.6. The van der Waals surface area contributed by atoms with Crippen LogP contribution in [-0.2, 0) is 0 Å². The number of likely N-dealkylation sites (tertiary alicyclic amines) is 1. The molecule has 4 saturated heterocycles. The number of aromatic nitrogens is 8. The van der Waals surface area contributed by atoms with Crippen LogP contribution in [0.15, 0.2) is 61.7 Å². The summed E-state index contributed by atoms with van der Waals surface area (Å²) in [6.45, 7) is 12.0. The molecule has 18 heteroatoms. The maximum atomic E-state index is 14.2. The van der Waals surface area contributed by atoms with Crippen molar-refractivity contribution in [2.75, 3.05) is 72.8 Å². The van der Waals surface area contributed by atoms with E-state index < -0.39 is 23.4 Å². The minimum Gasteiger partial charge on any atom is -0.355 e. The summed E-state index contributed by atoms with van der Waals surface area (Å²) in [4.78, 5) is 57.9.